The van der Waals surface area contributed by atoms with E-state index in [2.05, 4.69) is 42.0 Å². The smallest absolute Gasteiger partial charge is 0.0576 e. The highest BCUT2D eigenvalue weighted by atomic mass is 14.7. The highest BCUT2D eigenvalue weighted by Gasteiger charge is 2.32. The van der Waals surface area contributed by atoms with Crippen LogP contribution in [-0.2, 0) is 0 Å². The van der Waals surface area contributed by atoms with Gasteiger partial charge in [0.05, 0.1) is 6.54 Å². The monoisotopic (exact) mass is 213 g/mol. The summed E-state index contributed by atoms with van der Waals surface area (Å²) in [5.74, 6) is 1.48. The van der Waals surface area contributed by atoms with E-state index in [1.807, 2.05) is 12.2 Å². The fourth-order valence-corrected chi connectivity index (χ4v) is 2.33. The molecule has 2 rings (SSSR count). The third-order valence-corrected chi connectivity index (χ3v) is 3.40. The predicted molar refractivity (Wildman–Crippen MR) is 70.8 cm³/mol. The maximum absolute atomic E-state index is 4.67. The minimum Gasteiger partial charge on any atom is -0.285 e. The highest BCUT2D eigenvalue weighted by molar-refractivity contribution is 5.97. The summed E-state index contributed by atoms with van der Waals surface area (Å²) in [7, 11) is 0. The molecular weight excluding hydrogens is 194 g/mol. The number of allylic oxidation sites excluding steroid dienone is 6. The summed E-state index contributed by atoms with van der Waals surface area (Å²) in [5.41, 5.74) is 1.26. The second kappa shape index (κ2) is 5.64. The van der Waals surface area contributed by atoms with Crippen LogP contribution in [0.15, 0.2) is 54.1 Å². The van der Waals surface area contributed by atoms with Crippen LogP contribution in [0.5, 0.6) is 0 Å². The summed E-state index contributed by atoms with van der Waals surface area (Å²) >= 11 is 0. The molecule has 0 N–H and O–H groups in total. The van der Waals surface area contributed by atoms with E-state index in [0.717, 1.165) is 12.5 Å². The Kier molecular flexibility index (Phi) is 3.92. The van der Waals surface area contributed by atoms with E-state index in [-0.39, 0.29) is 0 Å². The van der Waals surface area contributed by atoms with E-state index in [1.165, 1.54) is 25.0 Å². The van der Waals surface area contributed by atoms with Crippen molar-refractivity contribution in [1.29, 1.82) is 0 Å². The standard InChI is InChI=1S/C15H19N/c1-2-3-9-15-14-11-10-13(14)8-6-4-5-7-12-16-15/h2-7,9,13-14H,1,8,10-12H2/b6-4-,7-5-,9-3-,16-15?. The van der Waals surface area contributed by atoms with Crippen LogP contribution in [0.1, 0.15) is 19.3 Å². The normalized spacial score (nSPS) is 33.4. The van der Waals surface area contributed by atoms with E-state index < -0.39 is 0 Å². The minimum absolute atomic E-state index is 0.673. The molecule has 2 unspecified atom stereocenters. The van der Waals surface area contributed by atoms with Crippen molar-refractivity contribution in [3.63, 3.8) is 0 Å². The number of fused-ring (bicyclic) bond motifs is 1. The van der Waals surface area contributed by atoms with Crippen LogP contribution in [0, 0.1) is 11.8 Å². The lowest BCUT2D eigenvalue weighted by Gasteiger charge is -2.36. The van der Waals surface area contributed by atoms with Crippen LogP contribution in [0.3, 0.4) is 0 Å². The lowest BCUT2D eigenvalue weighted by atomic mass is 9.69. The van der Waals surface area contributed by atoms with Crippen molar-refractivity contribution in [2.75, 3.05) is 6.54 Å². The largest absolute Gasteiger partial charge is 0.285 e. The zero-order chi connectivity index (χ0) is 11.2. The van der Waals surface area contributed by atoms with E-state index in [4.69, 9.17) is 0 Å². The van der Waals surface area contributed by atoms with Gasteiger partial charge in [-0.05, 0) is 31.3 Å². The van der Waals surface area contributed by atoms with Gasteiger partial charge in [-0.25, -0.2) is 0 Å². The number of rotatable bonds is 2. The Morgan fingerprint density at radius 1 is 1.25 bits per heavy atom. The molecule has 1 aliphatic heterocycles. The van der Waals surface area contributed by atoms with Gasteiger partial charge in [0.25, 0.3) is 0 Å². The maximum Gasteiger partial charge on any atom is 0.0576 e. The molecule has 84 valence electrons. The van der Waals surface area contributed by atoms with Crippen molar-refractivity contribution in [1.82, 2.24) is 0 Å². The molecule has 2 atom stereocenters. The van der Waals surface area contributed by atoms with Gasteiger partial charge in [0.15, 0.2) is 0 Å². The summed E-state index contributed by atoms with van der Waals surface area (Å²) in [5, 5.41) is 0. The van der Waals surface area contributed by atoms with Crippen LogP contribution in [0.4, 0.5) is 0 Å². The molecule has 1 saturated carbocycles. The van der Waals surface area contributed by atoms with Crippen molar-refractivity contribution in [3.8, 4) is 0 Å². The van der Waals surface area contributed by atoms with Crippen molar-refractivity contribution < 1.29 is 0 Å². The molecule has 0 radical (unpaired) electrons. The molecule has 2 aliphatic rings. The second-order valence-electron chi connectivity index (χ2n) is 4.40. The number of hydrogen-bond acceptors (Lipinski definition) is 1. The first-order valence-corrected chi connectivity index (χ1v) is 6.07. The molecule has 0 aromatic heterocycles. The Morgan fingerprint density at radius 3 is 2.88 bits per heavy atom. The Hall–Kier alpha value is -1.37. The zero-order valence-electron chi connectivity index (χ0n) is 9.68. The summed E-state index contributed by atoms with van der Waals surface area (Å²) in [4.78, 5) is 4.67. The Morgan fingerprint density at radius 2 is 2.12 bits per heavy atom. The quantitative estimate of drug-likeness (QED) is 0.620. The van der Waals surface area contributed by atoms with Crippen LogP contribution < -0.4 is 0 Å². The Bertz CT molecular complexity index is 358. The second-order valence-corrected chi connectivity index (χ2v) is 4.40. The van der Waals surface area contributed by atoms with E-state index in [1.54, 1.807) is 0 Å². The van der Waals surface area contributed by atoms with Gasteiger partial charge in [-0.2, -0.15) is 0 Å². The van der Waals surface area contributed by atoms with Gasteiger partial charge >= 0.3 is 0 Å². The van der Waals surface area contributed by atoms with Crippen LogP contribution in [0.2, 0.25) is 0 Å². The van der Waals surface area contributed by atoms with Gasteiger partial charge in [-0.15, -0.1) is 0 Å². The van der Waals surface area contributed by atoms with E-state index in [0.29, 0.717) is 5.92 Å². The van der Waals surface area contributed by atoms with E-state index >= 15 is 0 Å². The topological polar surface area (TPSA) is 12.4 Å². The first-order chi connectivity index (χ1) is 7.92. The minimum atomic E-state index is 0.673. The average molecular weight is 213 g/mol. The number of nitrogens with zero attached hydrogens (tertiary/aromatic N) is 1. The van der Waals surface area contributed by atoms with Gasteiger partial charge in [0.1, 0.15) is 0 Å². The van der Waals surface area contributed by atoms with Gasteiger partial charge < -0.3 is 0 Å². The van der Waals surface area contributed by atoms with Crippen molar-refractivity contribution in [2.45, 2.75) is 19.3 Å². The first-order valence-electron chi connectivity index (χ1n) is 6.07. The van der Waals surface area contributed by atoms with Crippen LogP contribution >= 0.6 is 0 Å². The summed E-state index contributed by atoms with van der Waals surface area (Å²) in [6.07, 6.45) is 18.4. The molecule has 1 fully saturated rings. The summed E-state index contributed by atoms with van der Waals surface area (Å²) in [6, 6.07) is 0. The zero-order valence-corrected chi connectivity index (χ0v) is 9.68. The third kappa shape index (κ3) is 2.60. The van der Waals surface area contributed by atoms with Crippen molar-refractivity contribution >= 4 is 5.71 Å². The molecule has 1 nitrogen and oxygen atoms in total. The van der Waals surface area contributed by atoms with Gasteiger partial charge in [0.2, 0.25) is 0 Å². The fourth-order valence-electron chi connectivity index (χ4n) is 2.33. The van der Waals surface area contributed by atoms with Crippen LogP contribution in [0.25, 0.3) is 0 Å². The lowest BCUT2D eigenvalue weighted by Crippen LogP contribution is -2.32. The molecule has 1 heterocycles. The molecule has 1 heteroatoms. The van der Waals surface area contributed by atoms with Gasteiger partial charge in [-0.3, -0.25) is 4.99 Å². The average Bonchev–Trinajstić information content (AvgIpc) is 2.26. The Balaban J connectivity index is 2.15. The first kappa shape index (κ1) is 11.1. The molecule has 1 aliphatic carbocycles. The number of aliphatic imine (C=N–C) groups is 1. The summed E-state index contributed by atoms with van der Waals surface area (Å²) in [6.45, 7) is 4.51. The summed E-state index contributed by atoms with van der Waals surface area (Å²) < 4.78 is 0. The Labute approximate surface area is 98.0 Å². The van der Waals surface area contributed by atoms with Crippen LogP contribution in [-0.4, -0.2) is 12.3 Å². The lowest BCUT2D eigenvalue weighted by molar-refractivity contribution is 0.250. The molecule has 0 aromatic rings. The molecule has 0 bridgehead atoms. The van der Waals surface area contributed by atoms with Crippen molar-refractivity contribution in [2.24, 2.45) is 16.8 Å². The third-order valence-electron chi connectivity index (χ3n) is 3.40. The fraction of sp³-hybridized carbons (Fsp3) is 0.400. The molecular formula is C15H19N. The van der Waals surface area contributed by atoms with Crippen molar-refractivity contribution in [3.05, 3.63) is 49.1 Å². The molecule has 0 amide bonds. The predicted octanol–water partition coefficient (Wildman–Crippen LogP) is 3.71. The van der Waals surface area contributed by atoms with Gasteiger partial charge in [0, 0.05) is 11.6 Å². The molecule has 16 heavy (non-hydrogen) atoms. The highest BCUT2D eigenvalue weighted by Crippen LogP contribution is 2.38. The maximum atomic E-state index is 4.67. The van der Waals surface area contributed by atoms with Gasteiger partial charge in [-0.1, -0.05) is 43.0 Å². The van der Waals surface area contributed by atoms with E-state index in [9.17, 15) is 0 Å². The SMILES string of the molecule is C=C/C=C\C1=NC/C=C\C=C/CC2CCC12. The molecule has 0 spiro atoms. The molecule has 0 aromatic carbocycles. The molecule has 0 saturated heterocycles. The number of hydrogen-bond donors (Lipinski definition) is 0.